The molecule has 0 unspecified atom stereocenters. The molecule has 16 heavy (non-hydrogen) atoms. The predicted octanol–water partition coefficient (Wildman–Crippen LogP) is 2.74. The van der Waals surface area contributed by atoms with Crippen LogP contribution in [-0.4, -0.2) is 36.1 Å². The molecule has 0 saturated heterocycles. The lowest BCUT2D eigenvalue weighted by molar-refractivity contribution is 0.0739. The van der Waals surface area contributed by atoms with Crippen LogP contribution in [-0.2, 0) is 0 Å². The highest BCUT2D eigenvalue weighted by molar-refractivity contribution is 9.10. The molecule has 0 amide bonds. The molecule has 0 radical (unpaired) electrons. The molecule has 1 heterocycles. The highest BCUT2D eigenvalue weighted by Gasteiger charge is 2.38. The monoisotopic (exact) mass is 283 g/mol. The van der Waals surface area contributed by atoms with Crippen molar-refractivity contribution in [3.05, 3.63) is 22.9 Å². The molecule has 0 aliphatic heterocycles. The number of anilines is 1. The van der Waals surface area contributed by atoms with Crippen molar-refractivity contribution in [1.82, 2.24) is 9.88 Å². The van der Waals surface area contributed by atoms with Gasteiger partial charge in [-0.15, -0.1) is 0 Å². The van der Waals surface area contributed by atoms with Gasteiger partial charge >= 0.3 is 0 Å². The Hall–Kier alpha value is -0.610. The van der Waals surface area contributed by atoms with Crippen LogP contribution in [0.3, 0.4) is 0 Å². The van der Waals surface area contributed by atoms with E-state index < -0.39 is 0 Å². The van der Waals surface area contributed by atoms with Crippen LogP contribution < -0.4 is 5.32 Å². The quantitative estimate of drug-likeness (QED) is 0.921. The number of nitrogens with one attached hydrogen (secondary N) is 1. The van der Waals surface area contributed by atoms with Gasteiger partial charge in [0.2, 0.25) is 0 Å². The van der Waals surface area contributed by atoms with Crippen molar-refractivity contribution in [3.8, 4) is 0 Å². The first-order valence-electron chi connectivity index (χ1n) is 5.65. The van der Waals surface area contributed by atoms with Crippen molar-refractivity contribution in [1.29, 1.82) is 0 Å². The second-order valence-corrected chi connectivity index (χ2v) is 5.54. The standard InChI is InChI=1S/C12H18BrN3/c1-16(2)12(5-3-6-12)9-15-11-4-7-14-8-10(11)13/h4,7-8H,3,5-6,9H2,1-2H3,(H,14,15). The minimum Gasteiger partial charge on any atom is -0.382 e. The largest absolute Gasteiger partial charge is 0.382 e. The van der Waals surface area contributed by atoms with Gasteiger partial charge in [0.15, 0.2) is 0 Å². The minimum absolute atomic E-state index is 0.350. The number of hydrogen-bond donors (Lipinski definition) is 1. The molecule has 1 aliphatic rings. The molecule has 1 aliphatic carbocycles. The molecule has 1 aromatic heterocycles. The fraction of sp³-hybridized carbons (Fsp3) is 0.583. The molecule has 1 N–H and O–H groups in total. The molecule has 1 saturated carbocycles. The summed E-state index contributed by atoms with van der Waals surface area (Å²) >= 11 is 3.50. The summed E-state index contributed by atoms with van der Waals surface area (Å²) in [5.41, 5.74) is 1.48. The Morgan fingerprint density at radius 3 is 2.75 bits per heavy atom. The first-order valence-corrected chi connectivity index (χ1v) is 6.44. The van der Waals surface area contributed by atoms with Gasteiger partial charge in [0.1, 0.15) is 0 Å². The Kier molecular flexibility index (Phi) is 3.50. The van der Waals surface area contributed by atoms with Crippen molar-refractivity contribution < 1.29 is 0 Å². The molecular weight excluding hydrogens is 266 g/mol. The number of nitrogens with zero attached hydrogens (tertiary/aromatic N) is 2. The summed E-state index contributed by atoms with van der Waals surface area (Å²) in [5, 5.41) is 3.51. The molecule has 4 heteroatoms. The van der Waals surface area contributed by atoms with E-state index in [-0.39, 0.29) is 0 Å². The predicted molar refractivity (Wildman–Crippen MR) is 70.7 cm³/mol. The topological polar surface area (TPSA) is 28.2 Å². The number of hydrogen-bond acceptors (Lipinski definition) is 3. The fourth-order valence-electron chi connectivity index (χ4n) is 2.15. The zero-order valence-corrected chi connectivity index (χ0v) is 11.4. The summed E-state index contributed by atoms with van der Waals surface area (Å²) in [6.07, 6.45) is 7.56. The summed E-state index contributed by atoms with van der Waals surface area (Å²) in [6, 6.07) is 2.01. The fourth-order valence-corrected chi connectivity index (χ4v) is 2.54. The number of likely N-dealkylation sites (N-methyl/N-ethyl adjacent to an activating group) is 1. The number of halogens is 1. The minimum atomic E-state index is 0.350. The van der Waals surface area contributed by atoms with Gasteiger partial charge in [0.05, 0.1) is 10.2 Å². The van der Waals surface area contributed by atoms with Crippen LogP contribution in [0.5, 0.6) is 0 Å². The van der Waals surface area contributed by atoms with E-state index in [4.69, 9.17) is 0 Å². The van der Waals surface area contributed by atoms with Crippen LogP contribution in [0, 0.1) is 0 Å². The van der Waals surface area contributed by atoms with Gasteiger partial charge in [0.25, 0.3) is 0 Å². The van der Waals surface area contributed by atoms with E-state index >= 15 is 0 Å². The highest BCUT2D eigenvalue weighted by Crippen LogP contribution is 2.36. The summed E-state index contributed by atoms with van der Waals surface area (Å²) in [5.74, 6) is 0. The third-order valence-corrected chi connectivity index (χ3v) is 4.25. The summed E-state index contributed by atoms with van der Waals surface area (Å²) in [6.45, 7) is 1.00. The molecule has 3 nitrogen and oxygen atoms in total. The first kappa shape index (κ1) is 11.9. The Balaban J connectivity index is 1.99. The van der Waals surface area contributed by atoms with Gasteiger partial charge < -0.3 is 10.2 Å². The highest BCUT2D eigenvalue weighted by atomic mass is 79.9. The summed E-state index contributed by atoms with van der Waals surface area (Å²) in [4.78, 5) is 6.41. The van der Waals surface area contributed by atoms with E-state index in [1.165, 1.54) is 19.3 Å². The third kappa shape index (κ3) is 2.23. The van der Waals surface area contributed by atoms with Gasteiger partial charge in [-0.1, -0.05) is 0 Å². The Morgan fingerprint density at radius 1 is 1.50 bits per heavy atom. The van der Waals surface area contributed by atoms with E-state index in [1.54, 1.807) is 0 Å². The van der Waals surface area contributed by atoms with Crippen LogP contribution in [0.4, 0.5) is 5.69 Å². The number of pyridine rings is 1. The molecule has 88 valence electrons. The first-order chi connectivity index (χ1) is 7.64. The average Bonchev–Trinajstić information content (AvgIpc) is 2.18. The zero-order valence-electron chi connectivity index (χ0n) is 9.83. The Morgan fingerprint density at radius 2 is 2.25 bits per heavy atom. The van der Waals surface area contributed by atoms with Crippen molar-refractivity contribution in [2.75, 3.05) is 26.0 Å². The van der Waals surface area contributed by atoms with Gasteiger partial charge in [-0.05, 0) is 55.4 Å². The SMILES string of the molecule is CN(C)C1(CNc2ccncc2Br)CCC1. The smallest absolute Gasteiger partial charge is 0.0590 e. The van der Waals surface area contributed by atoms with Gasteiger partial charge in [-0.2, -0.15) is 0 Å². The molecule has 0 aromatic carbocycles. The lowest BCUT2D eigenvalue weighted by Gasteiger charge is -2.47. The molecule has 0 spiro atoms. The van der Waals surface area contributed by atoms with Gasteiger partial charge in [-0.25, -0.2) is 0 Å². The molecule has 1 fully saturated rings. The van der Waals surface area contributed by atoms with Crippen LogP contribution >= 0.6 is 15.9 Å². The Bertz CT molecular complexity index is 361. The second-order valence-electron chi connectivity index (χ2n) is 4.68. The number of aromatic nitrogens is 1. The van der Waals surface area contributed by atoms with E-state index in [2.05, 4.69) is 45.2 Å². The van der Waals surface area contributed by atoms with E-state index in [0.29, 0.717) is 5.54 Å². The maximum absolute atomic E-state index is 4.06. The van der Waals surface area contributed by atoms with Gasteiger partial charge in [-0.3, -0.25) is 4.98 Å². The Labute approximate surface area is 105 Å². The van der Waals surface area contributed by atoms with E-state index in [0.717, 1.165) is 16.7 Å². The maximum atomic E-state index is 4.06. The van der Waals surface area contributed by atoms with Crippen molar-refractivity contribution in [2.24, 2.45) is 0 Å². The van der Waals surface area contributed by atoms with E-state index in [1.807, 2.05) is 18.5 Å². The third-order valence-electron chi connectivity index (χ3n) is 3.61. The summed E-state index contributed by atoms with van der Waals surface area (Å²) in [7, 11) is 4.34. The second kappa shape index (κ2) is 4.72. The van der Waals surface area contributed by atoms with E-state index in [9.17, 15) is 0 Å². The molecule has 0 atom stereocenters. The van der Waals surface area contributed by atoms with Crippen molar-refractivity contribution in [2.45, 2.75) is 24.8 Å². The van der Waals surface area contributed by atoms with Crippen molar-refractivity contribution in [3.63, 3.8) is 0 Å². The molecular formula is C12H18BrN3. The lowest BCUT2D eigenvalue weighted by atomic mass is 9.75. The zero-order chi connectivity index (χ0) is 11.6. The lowest BCUT2D eigenvalue weighted by Crippen LogP contribution is -2.54. The van der Waals surface area contributed by atoms with Crippen LogP contribution in [0.25, 0.3) is 0 Å². The van der Waals surface area contributed by atoms with Crippen LogP contribution in [0.2, 0.25) is 0 Å². The number of rotatable bonds is 4. The normalized spacial score (nSPS) is 18.2. The van der Waals surface area contributed by atoms with Gasteiger partial charge in [0, 0.05) is 24.5 Å². The van der Waals surface area contributed by atoms with Crippen LogP contribution in [0.1, 0.15) is 19.3 Å². The maximum Gasteiger partial charge on any atom is 0.0590 e. The molecule has 2 rings (SSSR count). The molecule has 1 aromatic rings. The van der Waals surface area contributed by atoms with Crippen LogP contribution in [0.15, 0.2) is 22.9 Å². The summed E-state index contributed by atoms with van der Waals surface area (Å²) < 4.78 is 1.03. The molecule has 0 bridgehead atoms. The van der Waals surface area contributed by atoms with Crippen molar-refractivity contribution >= 4 is 21.6 Å². The average molecular weight is 284 g/mol.